The smallest absolute Gasteiger partial charge is 0.261 e. The lowest BCUT2D eigenvalue weighted by Gasteiger charge is -2.12. The molecule has 2 aromatic rings. The third-order valence-electron chi connectivity index (χ3n) is 3.02. The van der Waals surface area contributed by atoms with Crippen molar-refractivity contribution in [2.75, 3.05) is 13.2 Å². The van der Waals surface area contributed by atoms with Crippen LogP contribution in [0.2, 0.25) is 0 Å². The van der Waals surface area contributed by atoms with Crippen LogP contribution >= 0.6 is 0 Å². The zero-order chi connectivity index (χ0) is 14.5. The number of benzene rings is 1. The van der Waals surface area contributed by atoms with Crippen LogP contribution in [0.15, 0.2) is 30.3 Å². The molecule has 1 unspecified atom stereocenters. The van der Waals surface area contributed by atoms with E-state index in [4.69, 9.17) is 4.74 Å². The minimum absolute atomic E-state index is 0.107. The molecule has 108 valence electrons. The van der Waals surface area contributed by atoms with Gasteiger partial charge in [-0.3, -0.25) is 4.98 Å². The summed E-state index contributed by atoms with van der Waals surface area (Å²) in [5.41, 5.74) is 2.55. The molecule has 20 heavy (non-hydrogen) atoms. The number of hydrogen-bond donors (Lipinski definition) is 1. The summed E-state index contributed by atoms with van der Waals surface area (Å²) >= 11 is 0. The minimum Gasteiger partial charge on any atom is -0.388 e. The molecule has 1 aromatic carbocycles. The number of halogens is 2. The van der Waals surface area contributed by atoms with E-state index in [-0.39, 0.29) is 13.0 Å². The van der Waals surface area contributed by atoms with Crippen LogP contribution in [0.3, 0.4) is 0 Å². The van der Waals surface area contributed by atoms with Gasteiger partial charge in [-0.1, -0.05) is 12.1 Å². The lowest BCUT2D eigenvalue weighted by Crippen LogP contribution is -2.08. The van der Waals surface area contributed by atoms with Crippen molar-refractivity contribution in [3.05, 3.63) is 41.6 Å². The van der Waals surface area contributed by atoms with Crippen molar-refractivity contribution < 1.29 is 18.6 Å². The molecule has 0 spiro atoms. The Balaban J connectivity index is 1.99. The Bertz CT molecular complexity index is 575. The second kappa shape index (κ2) is 6.72. The Labute approximate surface area is 116 Å². The van der Waals surface area contributed by atoms with E-state index in [2.05, 4.69) is 4.98 Å². The number of alkyl halides is 2. The maximum atomic E-state index is 11.9. The molecule has 0 fully saturated rings. The zero-order valence-electron chi connectivity index (χ0n) is 11.2. The van der Waals surface area contributed by atoms with Gasteiger partial charge >= 0.3 is 0 Å². The van der Waals surface area contributed by atoms with Crippen LogP contribution in [0.4, 0.5) is 8.78 Å². The zero-order valence-corrected chi connectivity index (χ0v) is 11.2. The molecule has 0 bridgehead atoms. The van der Waals surface area contributed by atoms with Crippen LogP contribution in [0.5, 0.6) is 0 Å². The Hall–Kier alpha value is -1.59. The maximum Gasteiger partial charge on any atom is 0.261 e. The fourth-order valence-corrected chi connectivity index (χ4v) is 1.99. The molecule has 0 aliphatic carbocycles. The quantitative estimate of drug-likeness (QED) is 0.826. The molecular formula is C15H17F2NO2. The van der Waals surface area contributed by atoms with E-state index < -0.39 is 19.1 Å². The van der Waals surface area contributed by atoms with Crippen molar-refractivity contribution in [2.45, 2.75) is 25.9 Å². The Morgan fingerprint density at radius 1 is 1.25 bits per heavy atom. The molecule has 1 atom stereocenters. The van der Waals surface area contributed by atoms with E-state index >= 15 is 0 Å². The predicted octanol–water partition coefficient (Wildman–Crippen LogP) is 3.25. The molecule has 0 amide bonds. The number of aliphatic hydroxyl groups is 1. The molecule has 1 aromatic heterocycles. The first-order valence-electron chi connectivity index (χ1n) is 6.47. The van der Waals surface area contributed by atoms with E-state index in [9.17, 15) is 13.9 Å². The van der Waals surface area contributed by atoms with Crippen molar-refractivity contribution >= 4 is 10.9 Å². The highest BCUT2D eigenvalue weighted by atomic mass is 19.3. The summed E-state index contributed by atoms with van der Waals surface area (Å²) in [7, 11) is 0. The van der Waals surface area contributed by atoms with Gasteiger partial charge in [0, 0.05) is 24.1 Å². The molecule has 0 aliphatic heterocycles. The van der Waals surface area contributed by atoms with Gasteiger partial charge in [-0.2, -0.15) is 0 Å². The van der Waals surface area contributed by atoms with Gasteiger partial charge in [-0.25, -0.2) is 8.78 Å². The Morgan fingerprint density at radius 3 is 2.80 bits per heavy atom. The summed E-state index contributed by atoms with van der Waals surface area (Å²) in [6.07, 6.45) is -2.90. The van der Waals surface area contributed by atoms with Crippen LogP contribution in [0.25, 0.3) is 10.9 Å². The lowest BCUT2D eigenvalue weighted by atomic mass is 10.0. The van der Waals surface area contributed by atoms with Gasteiger partial charge in [-0.05, 0) is 30.7 Å². The SMILES string of the molecule is Cc1ccc2cc(C(O)CCOCC(F)F)ccc2n1. The van der Waals surface area contributed by atoms with Gasteiger partial charge in [0.05, 0.1) is 11.6 Å². The van der Waals surface area contributed by atoms with Crippen LogP contribution in [0, 0.1) is 6.92 Å². The summed E-state index contributed by atoms with van der Waals surface area (Å²) in [6, 6.07) is 9.36. The molecule has 5 heteroatoms. The predicted molar refractivity (Wildman–Crippen MR) is 72.9 cm³/mol. The van der Waals surface area contributed by atoms with Gasteiger partial charge in [0.25, 0.3) is 6.43 Å². The summed E-state index contributed by atoms with van der Waals surface area (Å²) < 4.78 is 28.6. The molecule has 0 saturated carbocycles. The first-order chi connectivity index (χ1) is 9.56. The normalized spacial score (nSPS) is 13.1. The molecule has 0 radical (unpaired) electrons. The van der Waals surface area contributed by atoms with Gasteiger partial charge in [0.1, 0.15) is 6.61 Å². The number of pyridine rings is 1. The number of hydrogen-bond acceptors (Lipinski definition) is 3. The van der Waals surface area contributed by atoms with E-state index in [1.807, 2.05) is 31.2 Å². The lowest BCUT2D eigenvalue weighted by molar-refractivity contribution is 0.00482. The van der Waals surface area contributed by atoms with Crippen molar-refractivity contribution in [1.29, 1.82) is 0 Å². The summed E-state index contributed by atoms with van der Waals surface area (Å²) in [5.74, 6) is 0. The first-order valence-corrected chi connectivity index (χ1v) is 6.47. The molecule has 0 saturated heterocycles. The number of aromatic nitrogens is 1. The third kappa shape index (κ3) is 3.95. The topological polar surface area (TPSA) is 42.4 Å². The summed E-state index contributed by atoms with van der Waals surface area (Å²) in [6.45, 7) is 1.44. The van der Waals surface area contributed by atoms with Crippen molar-refractivity contribution in [1.82, 2.24) is 4.98 Å². The standard InChI is InChI=1S/C15H17F2NO2/c1-10-2-3-11-8-12(4-5-13(11)18-10)14(19)6-7-20-9-15(16)17/h2-5,8,14-15,19H,6-7,9H2,1H3. The summed E-state index contributed by atoms with van der Waals surface area (Å²) in [5, 5.41) is 11.0. The molecule has 1 heterocycles. The van der Waals surface area contributed by atoms with E-state index in [1.165, 1.54) is 0 Å². The Kier molecular flexibility index (Phi) is 4.98. The fraction of sp³-hybridized carbons (Fsp3) is 0.400. The molecule has 1 N–H and O–H groups in total. The first kappa shape index (κ1) is 14.8. The largest absolute Gasteiger partial charge is 0.388 e. The van der Waals surface area contributed by atoms with Crippen LogP contribution < -0.4 is 0 Å². The fourth-order valence-electron chi connectivity index (χ4n) is 1.99. The van der Waals surface area contributed by atoms with E-state index in [0.29, 0.717) is 0 Å². The number of nitrogens with zero attached hydrogens (tertiary/aromatic N) is 1. The van der Waals surface area contributed by atoms with Crippen LogP contribution in [0.1, 0.15) is 23.8 Å². The molecule has 0 aliphatic rings. The van der Waals surface area contributed by atoms with Crippen LogP contribution in [-0.2, 0) is 4.74 Å². The highest BCUT2D eigenvalue weighted by Crippen LogP contribution is 2.21. The Morgan fingerprint density at radius 2 is 2.05 bits per heavy atom. The minimum atomic E-state index is -2.47. The molecular weight excluding hydrogens is 264 g/mol. The van der Waals surface area contributed by atoms with Gasteiger partial charge < -0.3 is 9.84 Å². The average molecular weight is 281 g/mol. The number of ether oxygens (including phenoxy) is 1. The number of aliphatic hydroxyl groups excluding tert-OH is 1. The second-order valence-corrected chi connectivity index (χ2v) is 4.68. The highest BCUT2D eigenvalue weighted by molar-refractivity contribution is 5.79. The van der Waals surface area contributed by atoms with Crippen LogP contribution in [-0.4, -0.2) is 29.7 Å². The van der Waals surface area contributed by atoms with Gasteiger partial charge in [0.2, 0.25) is 0 Å². The maximum absolute atomic E-state index is 11.9. The summed E-state index contributed by atoms with van der Waals surface area (Å²) in [4.78, 5) is 4.38. The van der Waals surface area contributed by atoms with Gasteiger partial charge in [0.15, 0.2) is 0 Å². The monoisotopic (exact) mass is 281 g/mol. The van der Waals surface area contributed by atoms with Crippen molar-refractivity contribution in [3.8, 4) is 0 Å². The number of aryl methyl sites for hydroxylation is 1. The van der Waals surface area contributed by atoms with E-state index in [1.54, 1.807) is 6.07 Å². The van der Waals surface area contributed by atoms with Crippen molar-refractivity contribution in [2.24, 2.45) is 0 Å². The second-order valence-electron chi connectivity index (χ2n) is 4.68. The molecule has 2 rings (SSSR count). The number of rotatable bonds is 6. The third-order valence-corrected chi connectivity index (χ3v) is 3.02. The molecule has 3 nitrogen and oxygen atoms in total. The van der Waals surface area contributed by atoms with Crippen molar-refractivity contribution in [3.63, 3.8) is 0 Å². The average Bonchev–Trinajstić information content (AvgIpc) is 2.42. The highest BCUT2D eigenvalue weighted by Gasteiger charge is 2.09. The van der Waals surface area contributed by atoms with E-state index in [0.717, 1.165) is 22.2 Å². The number of fused-ring (bicyclic) bond motifs is 1. The van der Waals surface area contributed by atoms with Gasteiger partial charge in [-0.15, -0.1) is 0 Å².